The maximum Gasteiger partial charge on any atom is 0.251 e. The van der Waals surface area contributed by atoms with Crippen molar-refractivity contribution in [3.05, 3.63) is 23.8 Å². The number of ether oxygens (including phenoxy) is 1. The van der Waals surface area contributed by atoms with Crippen LogP contribution < -0.4 is 5.32 Å². The largest absolute Gasteiger partial charge is 0.508 e. The minimum atomic E-state index is -0.330. The van der Waals surface area contributed by atoms with E-state index in [-0.39, 0.29) is 23.0 Å². The minimum Gasteiger partial charge on any atom is -0.508 e. The number of hydrogen-bond donors (Lipinski definition) is 3. The Hall–Kier alpha value is -1.75. The van der Waals surface area contributed by atoms with Gasteiger partial charge in [-0.05, 0) is 25.0 Å². The maximum absolute atomic E-state index is 11.8. The van der Waals surface area contributed by atoms with Crippen LogP contribution in [-0.4, -0.2) is 35.4 Å². The Morgan fingerprint density at radius 1 is 1.15 bits per heavy atom. The monoisotopic (exact) mass is 279 g/mol. The molecule has 1 aliphatic carbocycles. The number of phenols is 2. The lowest BCUT2D eigenvalue weighted by atomic mass is 9.98. The van der Waals surface area contributed by atoms with Crippen molar-refractivity contribution in [2.24, 2.45) is 0 Å². The number of amides is 1. The molecule has 1 saturated carbocycles. The molecule has 1 aliphatic rings. The zero-order valence-corrected chi connectivity index (χ0v) is 11.5. The van der Waals surface area contributed by atoms with Crippen LogP contribution in [0.5, 0.6) is 11.5 Å². The molecule has 1 aromatic rings. The van der Waals surface area contributed by atoms with Gasteiger partial charge in [-0.2, -0.15) is 0 Å². The Morgan fingerprint density at radius 2 is 1.80 bits per heavy atom. The fourth-order valence-electron chi connectivity index (χ4n) is 2.45. The van der Waals surface area contributed by atoms with E-state index in [0.717, 1.165) is 12.8 Å². The lowest BCUT2D eigenvalue weighted by Gasteiger charge is -2.22. The van der Waals surface area contributed by atoms with Gasteiger partial charge >= 0.3 is 0 Å². The molecule has 2 rings (SSSR count). The van der Waals surface area contributed by atoms with Crippen molar-refractivity contribution in [2.45, 2.75) is 38.2 Å². The van der Waals surface area contributed by atoms with Crippen LogP contribution in [-0.2, 0) is 4.74 Å². The number of aromatic hydroxyl groups is 2. The van der Waals surface area contributed by atoms with Crippen molar-refractivity contribution >= 4 is 5.91 Å². The van der Waals surface area contributed by atoms with Crippen molar-refractivity contribution < 1.29 is 19.7 Å². The maximum atomic E-state index is 11.8. The first kappa shape index (κ1) is 14.7. The van der Waals surface area contributed by atoms with E-state index in [4.69, 9.17) is 4.74 Å². The zero-order chi connectivity index (χ0) is 14.4. The van der Waals surface area contributed by atoms with Gasteiger partial charge in [0, 0.05) is 18.2 Å². The zero-order valence-electron chi connectivity index (χ0n) is 11.5. The van der Waals surface area contributed by atoms with Crippen LogP contribution in [0, 0.1) is 0 Å². The molecule has 5 heteroatoms. The van der Waals surface area contributed by atoms with E-state index in [9.17, 15) is 15.0 Å². The van der Waals surface area contributed by atoms with E-state index in [1.54, 1.807) is 0 Å². The van der Waals surface area contributed by atoms with E-state index in [1.807, 2.05) is 0 Å². The van der Waals surface area contributed by atoms with Gasteiger partial charge in [0.25, 0.3) is 5.91 Å². The van der Waals surface area contributed by atoms with E-state index in [0.29, 0.717) is 19.3 Å². The molecule has 0 heterocycles. The highest BCUT2D eigenvalue weighted by atomic mass is 16.5. The van der Waals surface area contributed by atoms with Gasteiger partial charge in [-0.3, -0.25) is 4.79 Å². The van der Waals surface area contributed by atoms with E-state index in [1.165, 1.54) is 37.5 Å². The molecule has 0 aliphatic heterocycles. The highest BCUT2D eigenvalue weighted by Gasteiger charge is 2.13. The predicted octanol–water partition coefficient (Wildman–Crippen LogP) is 2.18. The second kappa shape index (κ2) is 7.14. The Morgan fingerprint density at radius 3 is 2.45 bits per heavy atom. The summed E-state index contributed by atoms with van der Waals surface area (Å²) in [6, 6.07) is 3.82. The number of hydrogen-bond acceptors (Lipinski definition) is 4. The Bertz CT molecular complexity index is 435. The van der Waals surface area contributed by atoms with Crippen LogP contribution in [0.1, 0.15) is 42.5 Å². The summed E-state index contributed by atoms with van der Waals surface area (Å²) in [5.41, 5.74) is 0.236. The fourth-order valence-corrected chi connectivity index (χ4v) is 2.45. The highest BCUT2D eigenvalue weighted by Crippen LogP contribution is 2.21. The van der Waals surface area contributed by atoms with E-state index >= 15 is 0 Å². The molecular formula is C15H21NO4. The van der Waals surface area contributed by atoms with Crippen molar-refractivity contribution in [3.8, 4) is 11.5 Å². The van der Waals surface area contributed by atoms with Crippen molar-refractivity contribution in [1.82, 2.24) is 5.32 Å². The van der Waals surface area contributed by atoms with Crippen LogP contribution in [0.4, 0.5) is 0 Å². The Kier molecular flexibility index (Phi) is 5.24. The summed E-state index contributed by atoms with van der Waals surface area (Å²) in [6.07, 6.45) is 6.27. The third-order valence-corrected chi connectivity index (χ3v) is 3.46. The fraction of sp³-hybridized carbons (Fsp3) is 0.533. The lowest BCUT2D eigenvalue weighted by molar-refractivity contribution is 0.0299. The second-order valence-electron chi connectivity index (χ2n) is 5.12. The molecule has 20 heavy (non-hydrogen) atoms. The number of nitrogens with one attached hydrogen (secondary N) is 1. The second-order valence-corrected chi connectivity index (χ2v) is 5.12. The molecule has 1 aromatic carbocycles. The Labute approximate surface area is 118 Å². The minimum absolute atomic E-state index is 0.131. The third kappa shape index (κ3) is 4.42. The topological polar surface area (TPSA) is 78.8 Å². The van der Waals surface area contributed by atoms with Crippen molar-refractivity contribution in [3.63, 3.8) is 0 Å². The van der Waals surface area contributed by atoms with Gasteiger partial charge in [0.2, 0.25) is 0 Å². The summed E-state index contributed by atoms with van der Waals surface area (Å²) in [6.45, 7) is 0.910. The molecule has 1 amide bonds. The number of rotatable bonds is 5. The normalized spacial score (nSPS) is 16.0. The van der Waals surface area contributed by atoms with Crippen molar-refractivity contribution in [2.75, 3.05) is 13.2 Å². The third-order valence-electron chi connectivity index (χ3n) is 3.46. The van der Waals surface area contributed by atoms with Crippen molar-refractivity contribution in [1.29, 1.82) is 0 Å². The van der Waals surface area contributed by atoms with Crippen LogP contribution in [0.2, 0.25) is 0 Å². The molecule has 5 nitrogen and oxygen atoms in total. The molecule has 0 aromatic heterocycles. The molecule has 0 spiro atoms. The standard InChI is InChI=1S/C15H21NO4/c17-12-8-11(9-13(18)10-12)15(19)16-6-7-20-14-4-2-1-3-5-14/h8-10,14,17-18H,1-7H2,(H,16,19). The molecule has 0 saturated heterocycles. The molecule has 1 fully saturated rings. The van der Waals surface area contributed by atoms with Gasteiger partial charge in [0.05, 0.1) is 12.7 Å². The van der Waals surface area contributed by atoms with Gasteiger partial charge < -0.3 is 20.3 Å². The van der Waals surface area contributed by atoms with Gasteiger partial charge in [-0.15, -0.1) is 0 Å². The molecule has 0 unspecified atom stereocenters. The summed E-state index contributed by atoms with van der Waals surface area (Å²) < 4.78 is 5.70. The molecule has 0 radical (unpaired) electrons. The number of phenolic OH excluding ortho intramolecular Hbond substituents is 2. The quantitative estimate of drug-likeness (QED) is 0.722. The average Bonchev–Trinajstić information content (AvgIpc) is 2.43. The molecule has 0 bridgehead atoms. The lowest BCUT2D eigenvalue weighted by Crippen LogP contribution is -2.29. The molecule has 0 atom stereocenters. The SMILES string of the molecule is O=C(NCCOC1CCCCC1)c1cc(O)cc(O)c1. The predicted molar refractivity (Wildman–Crippen MR) is 74.9 cm³/mol. The summed E-state index contributed by atoms with van der Waals surface area (Å²) in [5, 5.41) is 21.3. The summed E-state index contributed by atoms with van der Waals surface area (Å²) in [7, 11) is 0. The smallest absolute Gasteiger partial charge is 0.251 e. The van der Waals surface area contributed by atoms with E-state index in [2.05, 4.69) is 5.32 Å². The van der Waals surface area contributed by atoms with Crippen LogP contribution in [0.25, 0.3) is 0 Å². The molecule has 110 valence electrons. The van der Waals surface area contributed by atoms with Crippen LogP contribution in [0.3, 0.4) is 0 Å². The van der Waals surface area contributed by atoms with E-state index < -0.39 is 0 Å². The van der Waals surface area contributed by atoms with Gasteiger partial charge in [-0.1, -0.05) is 19.3 Å². The number of carbonyl (C=O) groups is 1. The number of benzene rings is 1. The first-order chi connectivity index (χ1) is 9.65. The van der Waals surface area contributed by atoms with Gasteiger partial charge in [0.15, 0.2) is 0 Å². The Balaban J connectivity index is 1.71. The summed E-state index contributed by atoms with van der Waals surface area (Å²) in [5.74, 6) is -0.592. The first-order valence-corrected chi connectivity index (χ1v) is 7.08. The van der Waals surface area contributed by atoms with Gasteiger partial charge in [-0.25, -0.2) is 0 Å². The molecule has 3 N–H and O–H groups in total. The average molecular weight is 279 g/mol. The summed E-state index contributed by atoms with van der Waals surface area (Å²) >= 11 is 0. The number of carbonyl (C=O) groups excluding carboxylic acids is 1. The van der Waals surface area contributed by atoms with Gasteiger partial charge in [0.1, 0.15) is 11.5 Å². The highest BCUT2D eigenvalue weighted by molar-refractivity contribution is 5.95. The summed E-state index contributed by atoms with van der Waals surface area (Å²) in [4.78, 5) is 11.8. The first-order valence-electron chi connectivity index (χ1n) is 7.08. The van der Waals surface area contributed by atoms with Crippen LogP contribution >= 0.6 is 0 Å². The molecular weight excluding hydrogens is 258 g/mol. The van der Waals surface area contributed by atoms with Crippen LogP contribution in [0.15, 0.2) is 18.2 Å².